The molecule has 3 heterocycles. The maximum atomic E-state index is 10.9. The van der Waals surface area contributed by atoms with Crippen molar-refractivity contribution < 1.29 is 14.6 Å². The van der Waals surface area contributed by atoms with Gasteiger partial charge in [-0.2, -0.15) is 0 Å². The first kappa shape index (κ1) is 22.2. The first-order valence-electron chi connectivity index (χ1n) is 11.2. The van der Waals surface area contributed by atoms with Crippen LogP contribution in [0.2, 0.25) is 5.02 Å². The van der Waals surface area contributed by atoms with Gasteiger partial charge in [-0.1, -0.05) is 24.4 Å². The molecule has 1 aliphatic heterocycles. The van der Waals surface area contributed by atoms with Crippen LogP contribution in [-0.2, 0) is 6.54 Å². The lowest BCUT2D eigenvalue weighted by atomic mass is 10.2. The van der Waals surface area contributed by atoms with Crippen molar-refractivity contribution in [1.29, 1.82) is 0 Å². The van der Waals surface area contributed by atoms with Gasteiger partial charge in [0, 0.05) is 28.7 Å². The zero-order valence-corrected chi connectivity index (χ0v) is 19.9. The molecule has 0 saturated heterocycles. The van der Waals surface area contributed by atoms with Gasteiger partial charge in [-0.3, -0.25) is 4.99 Å². The fourth-order valence-electron chi connectivity index (χ4n) is 4.57. The Morgan fingerprint density at radius 1 is 1.36 bits per heavy atom. The number of halogens is 1. The fraction of sp³-hybridized carbons (Fsp3) is 0.435. The highest BCUT2D eigenvalue weighted by molar-refractivity contribution is 8.14. The van der Waals surface area contributed by atoms with Crippen LogP contribution >= 0.6 is 23.4 Å². The average molecular weight is 488 g/mol. The minimum Gasteiger partial charge on any atom is -0.449 e. The Hall–Kier alpha value is -2.65. The van der Waals surface area contributed by atoms with Crippen LogP contribution < -0.4 is 10.1 Å². The molecular weight excluding hydrogens is 462 g/mol. The lowest BCUT2D eigenvalue weighted by Gasteiger charge is -2.14. The molecule has 0 bridgehead atoms. The van der Waals surface area contributed by atoms with E-state index in [2.05, 4.69) is 21.4 Å². The monoisotopic (exact) mass is 487 g/mol. The Morgan fingerprint density at radius 3 is 2.97 bits per heavy atom. The first-order chi connectivity index (χ1) is 16.0. The van der Waals surface area contributed by atoms with E-state index in [9.17, 15) is 4.79 Å². The zero-order chi connectivity index (χ0) is 22.9. The third-order valence-corrected chi connectivity index (χ3v) is 7.57. The molecule has 0 spiro atoms. The molecule has 33 heavy (non-hydrogen) atoms. The molecule has 3 N–H and O–H groups in total. The molecule has 1 saturated carbocycles. The van der Waals surface area contributed by atoms with Crippen LogP contribution in [0.3, 0.4) is 0 Å². The van der Waals surface area contributed by atoms with E-state index in [1.54, 1.807) is 29.6 Å². The number of carboxylic acid groups (broad SMARTS) is 1. The number of anilines is 1. The molecule has 0 radical (unpaired) electrons. The minimum atomic E-state index is -1.34. The summed E-state index contributed by atoms with van der Waals surface area (Å²) in [5.74, 6) is 1.15. The van der Waals surface area contributed by atoms with Gasteiger partial charge in [-0.15, -0.1) is 11.8 Å². The third kappa shape index (κ3) is 4.84. The number of ether oxygens (including phenoxy) is 1. The number of aromatic amines is 1. The molecular formula is C23H26ClN5O3S. The Labute approximate surface area is 200 Å². The predicted molar refractivity (Wildman–Crippen MR) is 132 cm³/mol. The highest BCUT2D eigenvalue weighted by atomic mass is 35.5. The molecule has 174 valence electrons. The molecule has 1 atom stereocenters. The van der Waals surface area contributed by atoms with Crippen LogP contribution in [0.4, 0.5) is 10.5 Å². The number of benzene rings is 1. The van der Waals surface area contributed by atoms with Crippen molar-refractivity contribution in [3.05, 3.63) is 40.9 Å². The van der Waals surface area contributed by atoms with Crippen molar-refractivity contribution in [1.82, 2.24) is 14.5 Å². The first-order valence-corrected chi connectivity index (χ1v) is 12.5. The van der Waals surface area contributed by atoms with Crippen LogP contribution in [-0.4, -0.2) is 48.7 Å². The van der Waals surface area contributed by atoms with E-state index in [-0.39, 0.29) is 11.9 Å². The Balaban J connectivity index is 1.31. The number of carbonyl (C=O) groups is 1. The summed E-state index contributed by atoms with van der Waals surface area (Å²) in [6.45, 7) is 2.32. The summed E-state index contributed by atoms with van der Waals surface area (Å²) in [4.78, 5) is 23.6. The number of hydrogen-bond donors (Lipinski definition) is 3. The van der Waals surface area contributed by atoms with Gasteiger partial charge in [0.1, 0.15) is 5.04 Å². The summed E-state index contributed by atoms with van der Waals surface area (Å²) < 4.78 is 6.61. The van der Waals surface area contributed by atoms with Crippen molar-refractivity contribution in [2.75, 3.05) is 11.1 Å². The van der Waals surface area contributed by atoms with Gasteiger partial charge < -0.3 is 24.7 Å². The number of nitrogens with one attached hydrogen (secondary N) is 2. The molecule has 10 heteroatoms. The number of imidazole rings is 1. The number of H-pyrrole nitrogens is 1. The standard InChI is InChI=1S/C23H26ClN5O3S/c1-13-22(32-23(30)31)29(12-25-13)7-6-17-11-33-21(27-17)19-9-14-8-15(24)10-18(20(14)28-19)26-16-4-2-3-5-16/h8-10,12,16-17,26,28H,2-7,11H2,1H3,(H,30,31)/t17-/m1/s1. The van der Waals surface area contributed by atoms with E-state index in [1.807, 2.05) is 12.1 Å². The quantitative estimate of drug-likeness (QED) is 0.370. The molecule has 2 aliphatic rings. The summed E-state index contributed by atoms with van der Waals surface area (Å²) in [5, 5.41) is 15.4. The number of fused-ring (bicyclic) bond motifs is 1. The van der Waals surface area contributed by atoms with Crippen molar-refractivity contribution in [2.24, 2.45) is 4.99 Å². The van der Waals surface area contributed by atoms with Crippen molar-refractivity contribution in [3.63, 3.8) is 0 Å². The van der Waals surface area contributed by atoms with E-state index < -0.39 is 6.16 Å². The van der Waals surface area contributed by atoms with Crippen LogP contribution in [0.15, 0.2) is 29.5 Å². The number of aryl methyl sites for hydroxylation is 2. The SMILES string of the molecule is Cc1ncn(CC[C@@H]2CSC(c3cc4cc(Cl)cc(NC5CCCC5)c4[nH]3)=N2)c1OC(=O)O. The minimum absolute atomic E-state index is 0.136. The van der Waals surface area contributed by atoms with E-state index in [4.69, 9.17) is 26.4 Å². The molecule has 0 unspecified atom stereocenters. The van der Waals surface area contributed by atoms with Gasteiger partial charge in [0.2, 0.25) is 5.88 Å². The lowest BCUT2D eigenvalue weighted by molar-refractivity contribution is 0.140. The molecule has 5 rings (SSSR count). The second-order valence-corrected chi connectivity index (χ2v) is 10.1. The van der Waals surface area contributed by atoms with Crippen LogP contribution in [0, 0.1) is 6.92 Å². The number of nitrogens with zero attached hydrogens (tertiary/aromatic N) is 3. The number of aromatic nitrogens is 3. The molecule has 2 aromatic heterocycles. The second kappa shape index (κ2) is 9.30. The van der Waals surface area contributed by atoms with Gasteiger partial charge >= 0.3 is 6.16 Å². The Morgan fingerprint density at radius 2 is 2.18 bits per heavy atom. The third-order valence-electron chi connectivity index (χ3n) is 6.20. The fourth-order valence-corrected chi connectivity index (χ4v) is 5.88. The molecule has 8 nitrogen and oxygen atoms in total. The topological polar surface area (TPSA) is 105 Å². The van der Waals surface area contributed by atoms with E-state index in [1.165, 1.54) is 25.7 Å². The normalized spacial score (nSPS) is 18.7. The van der Waals surface area contributed by atoms with Gasteiger partial charge in [0.25, 0.3) is 0 Å². The largest absolute Gasteiger partial charge is 0.512 e. The maximum Gasteiger partial charge on any atom is 0.512 e. The Bertz CT molecular complexity index is 1210. The highest BCUT2D eigenvalue weighted by Gasteiger charge is 2.23. The number of thioether (sulfide) groups is 1. The number of aliphatic imine (C=N–C) groups is 1. The van der Waals surface area contributed by atoms with Gasteiger partial charge in [-0.05, 0) is 44.4 Å². The Kier molecular flexibility index (Phi) is 6.25. The maximum absolute atomic E-state index is 10.9. The number of rotatable bonds is 7. The van der Waals surface area contributed by atoms with Gasteiger partial charge in [0.05, 0.1) is 35.0 Å². The summed E-state index contributed by atoms with van der Waals surface area (Å²) in [6, 6.07) is 6.74. The molecule has 1 fully saturated rings. The summed E-state index contributed by atoms with van der Waals surface area (Å²) in [7, 11) is 0. The molecule has 0 amide bonds. The van der Waals surface area contributed by atoms with E-state index >= 15 is 0 Å². The van der Waals surface area contributed by atoms with Crippen molar-refractivity contribution in [2.45, 2.75) is 57.7 Å². The molecule has 1 aliphatic carbocycles. The second-order valence-electron chi connectivity index (χ2n) is 8.61. The smallest absolute Gasteiger partial charge is 0.449 e. The van der Waals surface area contributed by atoms with E-state index in [0.717, 1.165) is 44.5 Å². The number of hydrogen-bond acceptors (Lipinski definition) is 6. The van der Waals surface area contributed by atoms with Crippen LogP contribution in [0.25, 0.3) is 10.9 Å². The summed E-state index contributed by atoms with van der Waals surface area (Å²) in [5.41, 5.74) is 3.68. The highest BCUT2D eigenvalue weighted by Crippen LogP contribution is 2.34. The summed E-state index contributed by atoms with van der Waals surface area (Å²) in [6.07, 6.45) is 5.98. The van der Waals surface area contributed by atoms with Gasteiger partial charge in [-0.25, -0.2) is 9.78 Å². The average Bonchev–Trinajstić information content (AvgIpc) is 3.55. The molecule has 1 aromatic carbocycles. The van der Waals surface area contributed by atoms with Crippen LogP contribution in [0.5, 0.6) is 5.88 Å². The van der Waals surface area contributed by atoms with Crippen LogP contribution in [0.1, 0.15) is 43.5 Å². The molecule has 3 aromatic rings. The zero-order valence-electron chi connectivity index (χ0n) is 18.3. The van der Waals surface area contributed by atoms with Crippen molar-refractivity contribution in [3.8, 4) is 5.88 Å². The lowest BCUT2D eigenvalue weighted by Crippen LogP contribution is -2.14. The summed E-state index contributed by atoms with van der Waals surface area (Å²) >= 11 is 8.14. The van der Waals surface area contributed by atoms with E-state index in [0.29, 0.717) is 18.3 Å². The van der Waals surface area contributed by atoms with Crippen molar-refractivity contribution >= 4 is 51.2 Å². The predicted octanol–water partition coefficient (Wildman–Crippen LogP) is 5.69. The van der Waals surface area contributed by atoms with Gasteiger partial charge in [0.15, 0.2) is 0 Å².